The molecule has 2 heterocycles. The average Bonchev–Trinajstić information content (AvgIpc) is 3.09. The third-order valence-electron chi connectivity index (χ3n) is 4.96. The molecule has 0 fully saturated rings. The molecular formula is C23H24N2O4S3. The summed E-state index contributed by atoms with van der Waals surface area (Å²) < 4.78 is 34.1. The molecule has 2 aliphatic heterocycles. The molecule has 0 spiro atoms. The van der Waals surface area contributed by atoms with Crippen molar-refractivity contribution in [3.63, 3.8) is 0 Å². The topological polar surface area (TPSA) is 80.5 Å². The molecule has 0 radical (unpaired) electrons. The van der Waals surface area contributed by atoms with Gasteiger partial charge in [0.15, 0.2) is 11.4 Å². The maximum Gasteiger partial charge on any atom is 0.429 e. The van der Waals surface area contributed by atoms with Crippen LogP contribution in [0.25, 0.3) is 6.08 Å². The van der Waals surface area contributed by atoms with E-state index in [0.29, 0.717) is 6.54 Å². The molecule has 1 amide bonds. The van der Waals surface area contributed by atoms with Crippen molar-refractivity contribution in [3.8, 4) is 0 Å². The number of hydrogen-bond acceptors (Lipinski definition) is 7. The Morgan fingerprint density at radius 2 is 1.75 bits per heavy atom. The first-order valence-corrected chi connectivity index (χ1v) is 13.3. The molecule has 2 aromatic carbocycles. The third kappa shape index (κ3) is 5.17. The fraction of sp³-hybridized carbons (Fsp3) is 0.217. The van der Waals surface area contributed by atoms with Gasteiger partial charge in [0.1, 0.15) is 10.1 Å². The molecular weight excluding hydrogens is 464 g/mol. The first kappa shape index (κ1) is 24.3. The second-order valence-corrected chi connectivity index (χ2v) is 10.5. The molecule has 2 aromatic rings. The standard InChI is InChI=1S/C16H17N2OS2.C7H8O3S/c1-4-18-15(19)14(21-16(18)20-3)13-10-9-11-7-5-6-8-12(11)17(13)2;1-6-2-4-7(5-3-6)11(8,9)10/h5-10H,4H2,1-3H3;2-5H,1H3,(H,8,9,10)/q+1;/p-1/b14-13-;. The zero-order valence-electron chi connectivity index (χ0n) is 18.2. The molecule has 0 bridgehead atoms. The van der Waals surface area contributed by atoms with Crippen molar-refractivity contribution in [2.24, 2.45) is 0 Å². The number of fused-ring (bicyclic) bond motifs is 1. The molecule has 32 heavy (non-hydrogen) atoms. The van der Waals surface area contributed by atoms with Gasteiger partial charge in [-0.3, -0.25) is 0 Å². The molecule has 0 saturated heterocycles. The van der Waals surface area contributed by atoms with Crippen LogP contribution in [0.15, 0.2) is 70.1 Å². The molecule has 168 valence electrons. The van der Waals surface area contributed by atoms with Gasteiger partial charge in [0, 0.05) is 24.5 Å². The number of thioether (sulfide) groups is 2. The summed E-state index contributed by atoms with van der Waals surface area (Å²) in [6.45, 7) is 4.54. The van der Waals surface area contributed by atoms with Crippen LogP contribution in [0.5, 0.6) is 0 Å². The van der Waals surface area contributed by atoms with Gasteiger partial charge in [-0.05, 0) is 49.9 Å². The molecule has 0 N–H and O–H groups in total. The Hall–Kier alpha value is -2.33. The van der Waals surface area contributed by atoms with E-state index in [1.54, 1.807) is 35.7 Å². The third-order valence-corrected chi connectivity index (χ3v) is 8.11. The van der Waals surface area contributed by atoms with Gasteiger partial charge in [-0.1, -0.05) is 53.7 Å². The molecule has 0 atom stereocenters. The van der Waals surface area contributed by atoms with Gasteiger partial charge in [0.05, 0.1) is 10.6 Å². The van der Waals surface area contributed by atoms with Crippen LogP contribution >= 0.6 is 23.5 Å². The van der Waals surface area contributed by atoms with Crippen molar-refractivity contribution in [1.82, 2.24) is 0 Å². The van der Waals surface area contributed by atoms with E-state index in [0.717, 1.165) is 26.2 Å². The Bertz CT molecular complexity index is 1230. The predicted octanol–water partition coefficient (Wildman–Crippen LogP) is 4.29. The fourth-order valence-corrected chi connectivity index (χ4v) is 5.74. The van der Waals surface area contributed by atoms with Crippen LogP contribution in [-0.4, -0.2) is 47.7 Å². The quantitative estimate of drug-likeness (QED) is 0.354. The minimum atomic E-state index is -4.27. The second kappa shape index (κ2) is 10.1. The van der Waals surface area contributed by atoms with E-state index < -0.39 is 10.1 Å². The maximum absolute atomic E-state index is 12.6. The van der Waals surface area contributed by atoms with E-state index in [-0.39, 0.29) is 10.8 Å². The normalized spacial score (nSPS) is 17.9. The molecule has 0 aliphatic carbocycles. The number of carbonyl (C=O) groups excluding carboxylic acids is 1. The number of nitrogens with zero attached hydrogens (tertiary/aromatic N) is 2. The second-order valence-electron chi connectivity index (χ2n) is 7.05. The van der Waals surface area contributed by atoms with Gasteiger partial charge in [0.2, 0.25) is 0 Å². The molecule has 9 heteroatoms. The minimum absolute atomic E-state index is 0.109. The first-order chi connectivity index (χ1) is 15.2. The van der Waals surface area contributed by atoms with Crippen LogP contribution in [0.1, 0.15) is 18.1 Å². The molecule has 0 aromatic heterocycles. The van der Waals surface area contributed by atoms with Crippen molar-refractivity contribution in [2.75, 3.05) is 24.7 Å². The van der Waals surface area contributed by atoms with Crippen molar-refractivity contribution < 1.29 is 22.3 Å². The monoisotopic (exact) mass is 488 g/mol. The van der Waals surface area contributed by atoms with Crippen LogP contribution in [-0.2, 0) is 14.9 Å². The number of allylic oxidation sites excluding steroid dienone is 1. The van der Waals surface area contributed by atoms with Crippen LogP contribution in [0.3, 0.4) is 0 Å². The van der Waals surface area contributed by atoms with E-state index in [9.17, 15) is 17.8 Å². The summed E-state index contributed by atoms with van der Waals surface area (Å²) in [5, 5.41) is 0. The summed E-state index contributed by atoms with van der Waals surface area (Å²) in [6, 6.07) is 14.0. The highest BCUT2D eigenvalue weighted by Gasteiger charge is 2.39. The van der Waals surface area contributed by atoms with Crippen molar-refractivity contribution in [1.29, 1.82) is 0 Å². The molecule has 0 unspecified atom stereocenters. The van der Waals surface area contributed by atoms with Crippen LogP contribution in [0.2, 0.25) is 0 Å². The van der Waals surface area contributed by atoms with Gasteiger partial charge >= 0.3 is 5.91 Å². The van der Waals surface area contributed by atoms with Gasteiger partial charge < -0.3 is 9.45 Å². The van der Waals surface area contributed by atoms with Crippen LogP contribution < -0.4 is 4.90 Å². The summed E-state index contributed by atoms with van der Waals surface area (Å²) in [5.41, 5.74) is 4.22. The predicted molar refractivity (Wildman–Crippen MR) is 132 cm³/mol. The van der Waals surface area contributed by atoms with E-state index in [4.69, 9.17) is 0 Å². The van der Waals surface area contributed by atoms with Crippen molar-refractivity contribution in [2.45, 2.75) is 18.7 Å². The smallest absolute Gasteiger partial charge is 0.429 e. The van der Waals surface area contributed by atoms with Crippen LogP contribution in [0, 0.1) is 6.92 Å². The summed E-state index contributed by atoms with van der Waals surface area (Å²) >= 11 is 3.21. The Labute approximate surface area is 197 Å². The van der Waals surface area contributed by atoms with Crippen molar-refractivity contribution >= 4 is 55.7 Å². The van der Waals surface area contributed by atoms with Gasteiger partial charge in [-0.15, -0.1) is 4.58 Å². The highest BCUT2D eigenvalue weighted by atomic mass is 32.2. The Morgan fingerprint density at radius 3 is 2.31 bits per heavy atom. The molecule has 2 aliphatic rings. The molecule has 0 saturated carbocycles. The van der Waals surface area contributed by atoms with Gasteiger partial charge in [-0.2, -0.15) is 0 Å². The number of likely N-dealkylation sites (N-methyl/N-ethyl adjacent to an activating group) is 2. The van der Waals surface area contributed by atoms with E-state index >= 15 is 0 Å². The Morgan fingerprint density at radius 1 is 1.09 bits per heavy atom. The van der Waals surface area contributed by atoms with Crippen LogP contribution in [0.4, 0.5) is 5.69 Å². The lowest BCUT2D eigenvalue weighted by molar-refractivity contribution is -0.433. The van der Waals surface area contributed by atoms with Crippen molar-refractivity contribution in [3.05, 3.63) is 76.3 Å². The minimum Gasteiger partial charge on any atom is -0.744 e. The van der Waals surface area contributed by atoms with Gasteiger partial charge in [0.25, 0.3) is 4.38 Å². The SMILES string of the molecule is CC[N+]1=C(SC)S/C(=C2/C=Cc3ccccc3N2C)C1=O.Cc1ccc(S(=O)(=O)[O-])cc1. The fourth-order valence-electron chi connectivity index (χ4n) is 3.26. The zero-order valence-corrected chi connectivity index (χ0v) is 20.7. The largest absolute Gasteiger partial charge is 0.744 e. The summed E-state index contributed by atoms with van der Waals surface area (Å²) in [7, 11) is -2.25. The number of carbonyl (C=O) groups is 1. The highest BCUT2D eigenvalue weighted by molar-refractivity contribution is 8.40. The summed E-state index contributed by atoms with van der Waals surface area (Å²) in [5.74, 6) is 0.109. The number of amides is 1. The number of aryl methyl sites for hydroxylation is 1. The number of hydrogen-bond donors (Lipinski definition) is 0. The average molecular weight is 489 g/mol. The Kier molecular flexibility index (Phi) is 7.66. The lowest BCUT2D eigenvalue weighted by Gasteiger charge is -2.26. The summed E-state index contributed by atoms with van der Waals surface area (Å²) in [6.07, 6.45) is 6.14. The van der Waals surface area contributed by atoms with E-state index in [1.165, 1.54) is 17.7 Å². The highest BCUT2D eigenvalue weighted by Crippen LogP contribution is 2.38. The van der Waals surface area contributed by atoms with Gasteiger partial charge in [-0.25, -0.2) is 13.2 Å². The zero-order chi connectivity index (χ0) is 23.5. The van der Waals surface area contributed by atoms with E-state index in [2.05, 4.69) is 23.1 Å². The lowest BCUT2D eigenvalue weighted by atomic mass is 10.1. The lowest BCUT2D eigenvalue weighted by Crippen LogP contribution is -2.24. The molecule has 6 nitrogen and oxygen atoms in total. The number of rotatable bonds is 2. The molecule has 4 rings (SSSR count). The Balaban J connectivity index is 0.000000222. The summed E-state index contributed by atoms with van der Waals surface area (Å²) in [4.78, 5) is 15.4. The first-order valence-electron chi connectivity index (χ1n) is 9.85. The number of anilines is 1. The number of benzene rings is 2. The number of para-hydroxylation sites is 1. The maximum atomic E-state index is 12.6. The van der Waals surface area contributed by atoms with E-state index in [1.807, 2.05) is 49.9 Å².